The summed E-state index contributed by atoms with van der Waals surface area (Å²) in [5.74, 6) is 1.55. The Morgan fingerprint density at radius 1 is 0.661 bits per heavy atom. The first kappa shape index (κ1) is 43.4. The van der Waals surface area contributed by atoms with E-state index in [0.717, 1.165) is 103 Å². The zero-order valence-corrected chi connectivity index (χ0v) is 36.8. The molecule has 0 radical (unpaired) electrons. The normalized spacial score (nSPS) is 14.0. The summed E-state index contributed by atoms with van der Waals surface area (Å²) in [6, 6.07) is 36.0. The molecule has 10 rings (SSSR count). The van der Waals surface area contributed by atoms with Crippen LogP contribution in [0.15, 0.2) is 152 Å². The average Bonchev–Trinajstić information content (AvgIpc) is 3.33. The second-order valence-electron chi connectivity index (χ2n) is 15.2. The van der Waals surface area contributed by atoms with Gasteiger partial charge < -0.3 is 9.64 Å². The summed E-state index contributed by atoms with van der Waals surface area (Å²) in [5.41, 5.74) is 14.3. The van der Waals surface area contributed by atoms with Crippen molar-refractivity contribution in [3.8, 4) is 46.0 Å². The fraction of sp³-hybridized carbons (Fsp3) is 0.212. The molecule has 0 N–H and O–H groups in total. The number of nitriles is 1. The van der Waals surface area contributed by atoms with Crippen molar-refractivity contribution in [1.82, 2.24) is 29.9 Å². The van der Waals surface area contributed by atoms with Gasteiger partial charge in [-0.3, -0.25) is 29.9 Å². The van der Waals surface area contributed by atoms with Crippen molar-refractivity contribution in [3.05, 3.63) is 180 Å². The van der Waals surface area contributed by atoms with Crippen LogP contribution in [0, 0.1) is 11.3 Å². The first-order valence-corrected chi connectivity index (χ1v) is 21.1. The molecule has 0 bridgehead atoms. The minimum atomic E-state index is 0. The van der Waals surface area contributed by atoms with E-state index in [1.165, 1.54) is 34.4 Å². The number of ether oxygens (including phenoxy) is 1. The third-order valence-corrected chi connectivity index (χ3v) is 11.0. The molecule has 3 aliphatic rings. The van der Waals surface area contributed by atoms with Gasteiger partial charge >= 0.3 is 0 Å². The van der Waals surface area contributed by atoms with Crippen molar-refractivity contribution >= 4 is 16.8 Å². The van der Waals surface area contributed by atoms with Crippen molar-refractivity contribution in [1.29, 1.82) is 5.26 Å². The van der Waals surface area contributed by atoms with Gasteiger partial charge in [-0.25, -0.2) is 0 Å². The van der Waals surface area contributed by atoms with Crippen molar-refractivity contribution in [2.75, 3.05) is 18.0 Å². The van der Waals surface area contributed by atoms with Crippen LogP contribution in [0.5, 0.6) is 5.75 Å². The van der Waals surface area contributed by atoms with E-state index < -0.39 is 0 Å². The smallest absolute Gasteiger partial charge is 0.146 e. The number of pyridine rings is 6. The molecule has 3 aliphatic heterocycles. The first-order chi connectivity index (χ1) is 30.1. The molecular weight excluding hydrogens is 854 g/mol. The fourth-order valence-corrected chi connectivity index (χ4v) is 7.97. The van der Waals surface area contributed by atoms with Crippen LogP contribution >= 0.6 is 0 Å². The minimum Gasteiger partial charge on any atom is -0.455 e. The van der Waals surface area contributed by atoms with Gasteiger partial charge in [0.2, 0.25) is 0 Å². The molecular formula is C52H48N8ORu. The van der Waals surface area contributed by atoms with E-state index in [0.29, 0.717) is 11.3 Å². The van der Waals surface area contributed by atoms with Crippen LogP contribution in [0.1, 0.15) is 67.3 Å². The topological polar surface area (TPSA) is 114 Å². The number of hydrogen-bond donors (Lipinski definition) is 0. The Labute approximate surface area is 377 Å². The summed E-state index contributed by atoms with van der Waals surface area (Å²) < 4.78 is 6.61. The molecule has 0 spiro atoms. The number of anilines is 1. The van der Waals surface area contributed by atoms with Crippen molar-refractivity contribution < 1.29 is 24.2 Å². The number of hydrogen-bond acceptors (Lipinski definition) is 9. The maximum atomic E-state index is 10.3. The predicted octanol–water partition coefficient (Wildman–Crippen LogP) is 11.2. The van der Waals surface area contributed by atoms with Gasteiger partial charge in [0, 0.05) is 86.6 Å². The van der Waals surface area contributed by atoms with Crippen LogP contribution < -0.4 is 9.64 Å². The predicted molar refractivity (Wildman–Crippen MR) is 243 cm³/mol. The zero-order chi connectivity index (χ0) is 41.8. The van der Waals surface area contributed by atoms with Crippen LogP contribution in [0.4, 0.5) is 5.69 Å². The van der Waals surface area contributed by atoms with Crippen molar-refractivity contribution in [3.63, 3.8) is 0 Å². The summed E-state index contributed by atoms with van der Waals surface area (Å²) >= 11 is 0. The summed E-state index contributed by atoms with van der Waals surface area (Å²) in [7, 11) is 0. The molecule has 9 heterocycles. The van der Waals surface area contributed by atoms with Gasteiger partial charge in [-0.2, -0.15) is 5.26 Å². The Hall–Kier alpha value is -6.69. The molecule has 62 heavy (non-hydrogen) atoms. The van der Waals surface area contributed by atoms with Gasteiger partial charge in [0.15, 0.2) is 0 Å². The summed E-state index contributed by atoms with van der Waals surface area (Å²) in [6.45, 7) is 6.56. The van der Waals surface area contributed by atoms with Gasteiger partial charge in [0.1, 0.15) is 23.2 Å². The molecule has 0 fully saturated rings. The Kier molecular flexibility index (Phi) is 14.8. The average molecular weight is 902 g/mol. The monoisotopic (exact) mass is 902 g/mol. The Morgan fingerprint density at radius 3 is 1.76 bits per heavy atom. The fourth-order valence-electron chi connectivity index (χ4n) is 7.97. The molecule has 7 aromatic rings. The van der Waals surface area contributed by atoms with Gasteiger partial charge in [-0.05, 0) is 153 Å². The van der Waals surface area contributed by atoms with Crippen LogP contribution in [0.3, 0.4) is 0 Å². The van der Waals surface area contributed by atoms with Gasteiger partial charge in [-0.15, -0.1) is 0 Å². The molecule has 0 saturated heterocycles. The third-order valence-electron chi connectivity index (χ3n) is 11.0. The van der Waals surface area contributed by atoms with E-state index in [9.17, 15) is 5.26 Å². The van der Waals surface area contributed by atoms with E-state index in [1.54, 1.807) is 31.0 Å². The number of benzene rings is 1. The number of rotatable bonds is 7. The SMILES string of the molecule is CCCCc1ccnc(-c2cc(/C(C#N)=C3/C=C(C)c4cc5c6c(c4O3)CCCN6CCC5)ccn2)c1.[Ru].c1ccc(-c2ccccn2)nc1.c1ccc(-c2ccccn2)nc1. The quantitative estimate of drug-likeness (QED) is 0.114. The number of fused-ring (bicyclic) bond motifs is 2. The van der Waals surface area contributed by atoms with E-state index in [4.69, 9.17) is 4.74 Å². The third kappa shape index (κ3) is 10.2. The Bertz CT molecular complexity index is 2530. The van der Waals surface area contributed by atoms with Gasteiger partial charge in [0.05, 0.1) is 34.2 Å². The van der Waals surface area contributed by atoms with Crippen LogP contribution in [0.25, 0.3) is 45.3 Å². The molecule has 0 unspecified atom stereocenters. The number of aromatic nitrogens is 6. The van der Waals surface area contributed by atoms with Gasteiger partial charge in [0.25, 0.3) is 0 Å². The molecule has 0 atom stereocenters. The molecule has 0 amide bonds. The van der Waals surface area contributed by atoms with Crippen molar-refractivity contribution in [2.45, 2.75) is 58.8 Å². The van der Waals surface area contributed by atoms with E-state index in [2.05, 4.69) is 72.9 Å². The maximum Gasteiger partial charge on any atom is 0.146 e. The molecule has 0 saturated carbocycles. The van der Waals surface area contributed by atoms with Crippen molar-refractivity contribution in [2.24, 2.45) is 0 Å². The number of unbranched alkanes of at least 4 members (excludes halogenated alkanes) is 1. The molecule has 0 aliphatic carbocycles. The largest absolute Gasteiger partial charge is 0.455 e. The molecule has 6 aromatic heterocycles. The number of nitrogens with zero attached hydrogens (tertiary/aromatic N) is 8. The van der Waals surface area contributed by atoms with E-state index >= 15 is 0 Å². The summed E-state index contributed by atoms with van der Waals surface area (Å²) in [4.78, 5) is 28.4. The summed E-state index contributed by atoms with van der Waals surface area (Å²) in [5, 5.41) is 10.3. The second kappa shape index (κ2) is 21.2. The summed E-state index contributed by atoms with van der Waals surface area (Å²) in [6.07, 6.45) is 20.5. The van der Waals surface area contributed by atoms with Crippen LogP contribution in [0.2, 0.25) is 0 Å². The van der Waals surface area contributed by atoms with Crippen LogP contribution in [-0.4, -0.2) is 43.0 Å². The molecule has 9 nitrogen and oxygen atoms in total. The van der Waals surface area contributed by atoms with E-state index in [-0.39, 0.29) is 19.5 Å². The molecule has 10 heteroatoms. The first-order valence-electron chi connectivity index (χ1n) is 21.1. The maximum absolute atomic E-state index is 10.3. The number of allylic oxidation sites excluding steroid dienone is 3. The van der Waals surface area contributed by atoms with Gasteiger partial charge in [-0.1, -0.05) is 37.6 Å². The zero-order valence-electron chi connectivity index (χ0n) is 35.1. The second-order valence-corrected chi connectivity index (χ2v) is 15.2. The minimum absolute atomic E-state index is 0. The van der Waals surface area contributed by atoms with Crippen LogP contribution in [-0.2, 0) is 38.7 Å². The standard InChI is InChI=1S/C32H32N4O.2C10H8N2.Ru/c1-3-4-7-22-10-12-34-28(17-22)29-19-23(11-13-35-29)27(20-33)30-16-21(2)26-18-24-8-5-14-36-15-6-9-25(31(24)36)32(26)37-30;2*1-3-7-11-9(5-1)10-6-2-4-8-12-10;/h10-13,16-19H,3-9,14-15H2,1-2H3;2*1-8H;/b30-27-;;;. The Morgan fingerprint density at radius 2 is 1.21 bits per heavy atom. The Balaban J connectivity index is 0.000000187. The molecule has 1 aromatic carbocycles. The molecule has 310 valence electrons. The number of aryl methyl sites for hydroxylation is 2. The van der Waals surface area contributed by atoms with E-state index in [1.807, 2.05) is 97.2 Å².